The van der Waals surface area contributed by atoms with Crippen LogP contribution in [0.3, 0.4) is 0 Å². The molecule has 1 aromatic rings. The van der Waals surface area contributed by atoms with E-state index >= 15 is 0 Å². The zero-order chi connectivity index (χ0) is 12.9. The summed E-state index contributed by atoms with van der Waals surface area (Å²) in [5.41, 5.74) is 1.96. The van der Waals surface area contributed by atoms with E-state index in [1.165, 1.54) is 0 Å². The molecule has 0 radical (unpaired) electrons. The number of rotatable bonds is 7. The van der Waals surface area contributed by atoms with Crippen LogP contribution in [0.5, 0.6) is 0 Å². The highest BCUT2D eigenvalue weighted by Gasteiger charge is 2.07. The first-order valence-electron chi connectivity index (χ1n) is 5.47. The maximum atomic E-state index is 10.8. The lowest BCUT2D eigenvalue weighted by atomic mass is 10.2. The SMILES string of the molecule is Cc1noc(C)c1CNCCCNS(C)(=O)=O. The maximum absolute atomic E-state index is 10.8. The second-order valence-electron chi connectivity index (χ2n) is 4.00. The van der Waals surface area contributed by atoms with E-state index in [4.69, 9.17) is 4.52 Å². The number of aryl methyl sites for hydroxylation is 2. The Labute approximate surface area is 102 Å². The second kappa shape index (κ2) is 6.13. The predicted octanol–water partition coefficient (Wildman–Crippen LogP) is 0.320. The third-order valence-electron chi connectivity index (χ3n) is 2.38. The first kappa shape index (κ1) is 14.1. The molecular formula is C10H19N3O3S. The van der Waals surface area contributed by atoms with Gasteiger partial charge in [0.2, 0.25) is 10.0 Å². The number of sulfonamides is 1. The summed E-state index contributed by atoms with van der Waals surface area (Å²) in [5.74, 6) is 0.823. The van der Waals surface area contributed by atoms with Crippen molar-refractivity contribution in [2.24, 2.45) is 0 Å². The van der Waals surface area contributed by atoms with Crippen molar-refractivity contribution >= 4 is 10.0 Å². The Balaban J connectivity index is 2.17. The van der Waals surface area contributed by atoms with Crippen molar-refractivity contribution in [3.05, 3.63) is 17.0 Å². The van der Waals surface area contributed by atoms with Crippen LogP contribution in [0.4, 0.5) is 0 Å². The van der Waals surface area contributed by atoms with Crippen LogP contribution < -0.4 is 10.0 Å². The zero-order valence-electron chi connectivity index (χ0n) is 10.4. The van der Waals surface area contributed by atoms with E-state index < -0.39 is 10.0 Å². The third-order valence-corrected chi connectivity index (χ3v) is 3.11. The van der Waals surface area contributed by atoms with Crippen LogP contribution in [0.1, 0.15) is 23.4 Å². The lowest BCUT2D eigenvalue weighted by molar-refractivity contribution is 0.392. The summed E-state index contributed by atoms with van der Waals surface area (Å²) in [6, 6.07) is 0. The van der Waals surface area contributed by atoms with Gasteiger partial charge < -0.3 is 9.84 Å². The van der Waals surface area contributed by atoms with Crippen molar-refractivity contribution in [1.82, 2.24) is 15.2 Å². The van der Waals surface area contributed by atoms with Crippen LogP contribution in [0.2, 0.25) is 0 Å². The Morgan fingerprint density at radius 3 is 2.53 bits per heavy atom. The highest BCUT2D eigenvalue weighted by molar-refractivity contribution is 7.88. The van der Waals surface area contributed by atoms with Gasteiger partial charge in [-0.1, -0.05) is 5.16 Å². The maximum Gasteiger partial charge on any atom is 0.208 e. The van der Waals surface area contributed by atoms with Crippen molar-refractivity contribution in [3.8, 4) is 0 Å². The van der Waals surface area contributed by atoms with Crippen LogP contribution in [-0.4, -0.2) is 32.9 Å². The fourth-order valence-corrected chi connectivity index (χ4v) is 1.95. The van der Waals surface area contributed by atoms with Gasteiger partial charge in [-0.3, -0.25) is 0 Å². The van der Waals surface area contributed by atoms with Crippen molar-refractivity contribution in [3.63, 3.8) is 0 Å². The van der Waals surface area contributed by atoms with Gasteiger partial charge in [0.25, 0.3) is 0 Å². The van der Waals surface area contributed by atoms with Gasteiger partial charge in [-0.2, -0.15) is 0 Å². The summed E-state index contributed by atoms with van der Waals surface area (Å²) in [5, 5.41) is 7.08. The van der Waals surface area contributed by atoms with E-state index in [-0.39, 0.29) is 0 Å². The molecule has 1 rings (SSSR count). The summed E-state index contributed by atoms with van der Waals surface area (Å²) in [6.07, 6.45) is 1.90. The first-order valence-corrected chi connectivity index (χ1v) is 7.36. The Kier molecular flexibility index (Phi) is 5.10. The molecule has 98 valence electrons. The van der Waals surface area contributed by atoms with Gasteiger partial charge >= 0.3 is 0 Å². The van der Waals surface area contributed by atoms with Crippen LogP contribution in [0, 0.1) is 13.8 Å². The minimum absolute atomic E-state index is 0.452. The molecule has 0 aliphatic heterocycles. The quantitative estimate of drug-likeness (QED) is 0.691. The fraction of sp³-hybridized carbons (Fsp3) is 0.700. The molecule has 1 heterocycles. The summed E-state index contributed by atoms with van der Waals surface area (Å²) in [4.78, 5) is 0. The molecule has 17 heavy (non-hydrogen) atoms. The second-order valence-corrected chi connectivity index (χ2v) is 5.83. The number of nitrogens with one attached hydrogen (secondary N) is 2. The first-order chi connectivity index (χ1) is 7.90. The van der Waals surface area contributed by atoms with E-state index in [2.05, 4.69) is 15.2 Å². The monoisotopic (exact) mass is 261 g/mol. The molecule has 0 saturated carbocycles. The van der Waals surface area contributed by atoms with Crippen LogP contribution in [0.25, 0.3) is 0 Å². The average molecular weight is 261 g/mol. The molecule has 1 aromatic heterocycles. The molecule has 7 heteroatoms. The highest BCUT2D eigenvalue weighted by Crippen LogP contribution is 2.11. The number of hydrogen-bond donors (Lipinski definition) is 2. The van der Waals surface area contributed by atoms with E-state index in [9.17, 15) is 8.42 Å². The van der Waals surface area contributed by atoms with Gasteiger partial charge in [0.15, 0.2) is 0 Å². The molecule has 0 unspecified atom stereocenters. The zero-order valence-corrected chi connectivity index (χ0v) is 11.2. The summed E-state index contributed by atoms with van der Waals surface area (Å²) < 4.78 is 29.1. The molecule has 0 aliphatic carbocycles. The van der Waals surface area contributed by atoms with Crippen LogP contribution in [-0.2, 0) is 16.6 Å². The van der Waals surface area contributed by atoms with Crippen LogP contribution >= 0.6 is 0 Å². The van der Waals surface area contributed by atoms with E-state index in [1.807, 2.05) is 13.8 Å². The minimum Gasteiger partial charge on any atom is -0.361 e. The fourth-order valence-electron chi connectivity index (χ4n) is 1.44. The summed E-state index contributed by atoms with van der Waals surface area (Å²) >= 11 is 0. The average Bonchev–Trinajstić information content (AvgIpc) is 2.52. The third kappa shape index (κ3) is 5.29. The van der Waals surface area contributed by atoms with E-state index in [0.29, 0.717) is 13.1 Å². The van der Waals surface area contributed by atoms with Crippen molar-refractivity contribution < 1.29 is 12.9 Å². The molecule has 0 amide bonds. The Morgan fingerprint density at radius 1 is 1.29 bits per heavy atom. The van der Waals surface area contributed by atoms with Crippen LogP contribution in [0.15, 0.2) is 4.52 Å². The normalized spacial score (nSPS) is 11.9. The standard InChI is InChI=1S/C10H19N3O3S/c1-8-10(9(2)16-13-8)7-11-5-4-6-12-17(3,14)15/h11-12H,4-7H2,1-3H3. The molecule has 6 nitrogen and oxygen atoms in total. The van der Waals surface area contributed by atoms with Gasteiger partial charge in [-0.25, -0.2) is 13.1 Å². The highest BCUT2D eigenvalue weighted by atomic mass is 32.2. The molecule has 0 spiro atoms. The van der Waals surface area contributed by atoms with Crippen molar-refractivity contribution in [2.75, 3.05) is 19.3 Å². The van der Waals surface area contributed by atoms with Gasteiger partial charge in [0, 0.05) is 18.7 Å². The Bertz CT molecular complexity index is 434. The molecule has 0 bridgehead atoms. The Hall–Kier alpha value is -0.920. The topological polar surface area (TPSA) is 84.2 Å². The number of hydrogen-bond acceptors (Lipinski definition) is 5. The van der Waals surface area contributed by atoms with Gasteiger partial charge in [-0.15, -0.1) is 0 Å². The molecular weight excluding hydrogens is 242 g/mol. The van der Waals surface area contributed by atoms with E-state index in [1.54, 1.807) is 0 Å². The number of aromatic nitrogens is 1. The largest absolute Gasteiger partial charge is 0.361 e. The van der Waals surface area contributed by atoms with E-state index in [0.717, 1.165) is 36.2 Å². The number of nitrogens with zero attached hydrogens (tertiary/aromatic N) is 1. The molecule has 0 aromatic carbocycles. The lowest BCUT2D eigenvalue weighted by Crippen LogP contribution is -2.26. The molecule has 0 aliphatic rings. The van der Waals surface area contributed by atoms with Gasteiger partial charge in [-0.05, 0) is 26.8 Å². The van der Waals surface area contributed by atoms with Crippen molar-refractivity contribution in [2.45, 2.75) is 26.8 Å². The Morgan fingerprint density at radius 2 is 2.00 bits per heavy atom. The van der Waals surface area contributed by atoms with Gasteiger partial charge in [0.05, 0.1) is 11.9 Å². The molecule has 2 N–H and O–H groups in total. The minimum atomic E-state index is -3.07. The smallest absolute Gasteiger partial charge is 0.208 e. The predicted molar refractivity (Wildman–Crippen MR) is 65.1 cm³/mol. The molecule has 0 saturated heterocycles. The molecule has 0 fully saturated rings. The lowest BCUT2D eigenvalue weighted by Gasteiger charge is -2.04. The summed E-state index contributed by atoms with van der Waals surface area (Å²) in [6.45, 7) is 5.67. The van der Waals surface area contributed by atoms with Gasteiger partial charge in [0.1, 0.15) is 5.76 Å². The summed E-state index contributed by atoms with van der Waals surface area (Å²) in [7, 11) is -3.07. The van der Waals surface area contributed by atoms with Crippen molar-refractivity contribution in [1.29, 1.82) is 0 Å². The molecule has 0 atom stereocenters.